The van der Waals surface area contributed by atoms with E-state index in [0.29, 0.717) is 18.8 Å². The maximum absolute atomic E-state index is 12.4. The van der Waals surface area contributed by atoms with E-state index in [1.54, 1.807) is 0 Å². The van der Waals surface area contributed by atoms with Crippen molar-refractivity contribution >= 4 is 11.9 Å². The summed E-state index contributed by atoms with van der Waals surface area (Å²) in [7, 11) is 1.41. The average molecular weight is 282 g/mol. The van der Waals surface area contributed by atoms with Crippen LogP contribution in [-0.4, -0.2) is 49.6 Å². The Morgan fingerprint density at radius 2 is 2.15 bits per heavy atom. The van der Waals surface area contributed by atoms with Crippen molar-refractivity contribution < 1.29 is 14.3 Å². The van der Waals surface area contributed by atoms with Crippen molar-refractivity contribution in [2.24, 2.45) is 5.92 Å². The Labute approximate surface area is 121 Å². The van der Waals surface area contributed by atoms with E-state index in [4.69, 9.17) is 4.74 Å². The van der Waals surface area contributed by atoms with E-state index in [-0.39, 0.29) is 17.9 Å². The first-order valence-electron chi connectivity index (χ1n) is 7.77. The van der Waals surface area contributed by atoms with E-state index in [9.17, 15) is 9.59 Å². The number of rotatable bonds is 5. The third-order valence-corrected chi connectivity index (χ3v) is 4.51. The van der Waals surface area contributed by atoms with Crippen molar-refractivity contribution in [1.82, 2.24) is 10.2 Å². The SMILES string of the molecule is COC(=O)CC1CCCCN1C(=O)CCC1CCNC1. The number of carbonyl (C=O) groups excluding carboxylic acids is 2. The normalized spacial score (nSPS) is 26.6. The van der Waals surface area contributed by atoms with Gasteiger partial charge in [-0.25, -0.2) is 0 Å². The molecule has 114 valence electrons. The van der Waals surface area contributed by atoms with Crippen molar-refractivity contribution in [3.63, 3.8) is 0 Å². The Hall–Kier alpha value is -1.10. The van der Waals surface area contributed by atoms with Crippen LogP contribution >= 0.6 is 0 Å². The largest absolute Gasteiger partial charge is 0.469 e. The van der Waals surface area contributed by atoms with Gasteiger partial charge in [0.25, 0.3) is 0 Å². The molecule has 2 unspecified atom stereocenters. The molecule has 5 nitrogen and oxygen atoms in total. The van der Waals surface area contributed by atoms with Crippen molar-refractivity contribution in [2.75, 3.05) is 26.7 Å². The number of esters is 1. The third-order valence-electron chi connectivity index (χ3n) is 4.51. The van der Waals surface area contributed by atoms with Crippen LogP contribution in [0, 0.1) is 5.92 Å². The van der Waals surface area contributed by atoms with Crippen LogP contribution in [0.1, 0.15) is 44.9 Å². The van der Waals surface area contributed by atoms with Crippen LogP contribution in [0.25, 0.3) is 0 Å². The summed E-state index contributed by atoms with van der Waals surface area (Å²) in [4.78, 5) is 25.8. The van der Waals surface area contributed by atoms with Gasteiger partial charge < -0.3 is 15.0 Å². The summed E-state index contributed by atoms with van der Waals surface area (Å²) in [5.41, 5.74) is 0. The van der Waals surface area contributed by atoms with E-state index in [1.807, 2.05) is 4.90 Å². The molecule has 2 aliphatic heterocycles. The zero-order chi connectivity index (χ0) is 14.4. The molecule has 0 radical (unpaired) electrons. The molecule has 0 aliphatic carbocycles. The molecule has 0 saturated carbocycles. The Morgan fingerprint density at radius 1 is 1.30 bits per heavy atom. The lowest BCUT2D eigenvalue weighted by Crippen LogP contribution is -2.44. The second kappa shape index (κ2) is 7.62. The summed E-state index contributed by atoms with van der Waals surface area (Å²) in [5, 5.41) is 3.33. The highest BCUT2D eigenvalue weighted by Gasteiger charge is 2.29. The summed E-state index contributed by atoms with van der Waals surface area (Å²) in [5.74, 6) is 0.642. The molecule has 2 fully saturated rings. The minimum atomic E-state index is -0.213. The fraction of sp³-hybridized carbons (Fsp3) is 0.867. The molecular weight excluding hydrogens is 256 g/mol. The van der Waals surface area contributed by atoms with Crippen LogP contribution < -0.4 is 5.32 Å². The van der Waals surface area contributed by atoms with Crippen LogP contribution in [0.2, 0.25) is 0 Å². The van der Waals surface area contributed by atoms with E-state index in [0.717, 1.165) is 45.3 Å². The van der Waals surface area contributed by atoms with Gasteiger partial charge in [0.05, 0.1) is 13.5 Å². The number of carbonyl (C=O) groups is 2. The highest BCUT2D eigenvalue weighted by atomic mass is 16.5. The van der Waals surface area contributed by atoms with Gasteiger partial charge in [0.15, 0.2) is 0 Å². The highest BCUT2D eigenvalue weighted by Crippen LogP contribution is 2.23. The second-order valence-electron chi connectivity index (χ2n) is 5.91. The molecule has 1 N–H and O–H groups in total. The zero-order valence-corrected chi connectivity index (χ0v) is 12.4. The van der Waals surface area contributed by atoms with Crippen LogP contribution in [0.5, 0.6) is 0 Å². The predicted molar refractivity (Wildman–Crippen MR) is 76.2 cm³/mol. The molecule has 0 aromatic heterocycles. The molecule has 20 heavy (non-hydrogen) atoms. The lowest BCUT2D eigenvalue weighted by Gasteiger charge is -2.35. The van der Waals surface area contributed by atoms with Gasteiger partial charge in [-0.1, -0.05) is 0 Å². The number of hydrogen-bond acceptors (Lipinski definition) is 4. The molecular formula is C15H26N2O3. The molecule has 0 aromatic carbocycles. The number of ether oxygens (including phenoxy) is 1. The van der Waals surface area contributed by atoms with Crippen LogP contribution in [0.15, 0.2) is 0 Å². The first-order chi connectivity index (χ1) is 9.70. The number of likely N-dealkylation sites (tertiary alicyclic amines) is 1. The summed E-state index contributed by atoms with van der Waals surface area (Å²) >= 11 is 0. The number of nitrogens with zero attached hydrogens (tertiary/aromatic N) is 1. The predicted octanol–water partition coefficient (Wildman–Crippen LogP) is 1.32. The monoisotopic (exact) mass is 282 g/mol. The summed E-state index contributed by atoms with van der Waals surface area (Å²) in [6, 6.07) is 0.0467. The number of amides is 1. The average Bonchev–Trinajstić information content (AvgIpc) is 2.98. The quantitative estimate of drug-likeness (QED) is 0.773. The molecule has 0 bridgehead atoms. The highest BCUT2D eigenvalue weighted by molar-refractivity contribution is 5.78. The maximum Gasteiger partial charge on any atom is 0.307 e. The molecule has 1 amide bonds. The molecule has 2 heterocycles. The Bertz CT molecular complexity index is 340. The van der Waals surface area contributed by atoms with Gasteiger partial charge >= 0.3 is 5.97 Å². The van der Waals surface area contributed by atoms with Crippen LogP contribution in [0.4, 0.5) is 0 Å². The van der Waals surface area contributed by atoms with Crippen LogP contribution in [-0.2, 0) is 14.3 Å². The van der Waals surface area contributed by atoms with Crippen LogP contribution in [0.3, 0.4) is 0 Å². The molecule has 5 heteroatoms. The van der Waals surface area contributed by atoms with E-state index in [2.05, 4.69) is 5.32 Å². The minimum Gasteiger partial charge on any atom is -0.469 e. The standard InChI is InChI=1S/C15H26N2O3/c1-20-15(19)10-13-4-2-3-9-17(13)14(18)6-5-12-7-8-16-11-12/h12-13,16H,2-11H2,1H3. The number of piperidine rings is 1. The lowest BCUT2D eigenvalue weighted by atomic mass is 9.97. The topological polar surface area (TPSA) is 58.6 Å². The first kappa shape index (κ1) is 15.3. The van der Waals surface area contributed by atoms with Gasteiger partial charge in [-0.15, -0.1) is 0 Å². The summed E-state index contributed by atoms with van der Waals surface area (Å²) in [6.45, 7) is 2.91. The summed E-state index contributed by atoms with van der Waals surface area (Å²) in [6.07, 6.45) is 6.17. The number of hydrogen-bond donors (Lipinski definition) is 1. The fourth-order valence-electron chi connectivity index (χ4n) is 3.25. The Balaban J connectivity index is 1.82. The van der Waals surface area contributed by atoms with Gasteiger partial charge in [0.2, 0.25) is 5.91 Å². The molecule has 2 atom stereocenters. The van der Waals surface area contributed by atoms with Gasteiger partial charge in [0.1, 0.15) is 0 Å². The van der Waals surface area contributed by atoms with Crippen molar-refractivity contribution in [3.05, 3.63) is 0 Å². The fourth-order valence-corrected chi connectivity index (χ4v) is 3.25. The van der Waals surface area contributed by atoms with Crippen molar-refractivity contribution in [2.45, 2.75) is 51.0 Å². The zero-order valence-electron chi connectivity index (χ0n) is 12.4. The van der Waals surface area contributed by atoms with E-state index < -0.39 is 0 Å². The van der Waals surface area contributed by atoms with Crippen molar-refractivity contribution in [3.8, 4) is 0 Å². The van der Waals surface area contributed by atoms with Gasteiger partial charge in [-0.3, -0.25) is 9.59 Å². The number of methoxy groups -OCH3 is 1. The Kier molecular flexibility index (Phi) is 5.83. The molecule has 0 aromatic rings. The van der Waals surface area contributed by atoms with Gasteiger partial charge in [-0.2, -0.15) is 0 Å². The second-order valence-corrected chi connectivity index (χ2v) is 5.91. The smallest absolute Gasteiger partial charge is 0.307 e. The van der Waals surface area contributed by atoms with Gasteiger partial charge in [0, 0.05) is 19.0 Å². The first-order valence-corrected chi connectivity index (χ1v) is 7.77. The third kappa shape index (κ3) is 4.20. The van der Waals surface area contributed by atoms with Gasteiger partial charge in [-0.05, 0) is 51.1 Å². The maximum atomic E-state index is 12.4. The summed E-state index contributed by atoms with van der Waals surface area (Å²) < 4.78 is 4.74. The molecule has 0 spiro atoms. The molecule has 2 rings (SSSR count). The minimum absolute atomic E-state index is 0.0467. The van der Waals surface area contributed by atoms with E-state index >= 15 is 0 Å². The lowest BCUT2D eigenvalue weighted by molar-refractivity contribution is -0.144. The Morgan fingerprint density at radius 3 is 2.85 bits per heavy atom. The molecule has 2 aliphatic rings. The molecule has 2 saturated heterocycles. The van der Waals surface area contributed by atoms with E-state index in [1.165, 1.54) is 13.5 Å². The number of nitrogens with one attached hydrogen (secondary N) is 1. The van der Waals surface area contributed by atoms with Crippen molar-refractivity contribution in [1.29, 1.82) is 0 Å².